The number of hydrogen-bond donors (Lipinski definition) is 0. The maximum atomic E-state index is 12.4. The fourth-order valence-electron chi connectivity index (χ4n) is 2.95. The summed E-state index contributed by atoms with van der Waals surface area (Å²) in [7, 11) is 0. The number of hydrogen-bond acceptors (Lipinski definition) is 2. The Morgan fingerprint density at radius 1 is 1.39 bits per heavy atom. The summed E-state index contributed by atoms with van der Waals surface area (Å²) in [6, 6.07) is 0. The van der Waals surface area contributed by atoms with Crippen LogP contribution in [0.1, 0.15) is 56.8 Å². The second kappa shape index (κ2) is 5.68. The molecule has 1 saturated carbocycles. The van der Waals surface area contributed by atoms with E-state index in [2.05, 4.69) is 18.9 Å². The molecule has 1 aromatic heterocycles. The second-order valence-electron chi connectivity index (χ2n) is 5.80. The van der Waals surface area contributed by atoms with E-state index in [1.165, 1.54) is 12.8 Å². The molecular formula is C15H24N2O. The van der Waals surface area contributed by atoms with Crippen LogP contribution in [-0.4, -0.2) is 15.6 Å². The first-order valence-electron chi connectivity index (χ1n) is 7.18. The molecule has 1 aromatic rings. The van der Waals surface area contributed by atoms with Gasteiger partial charge in [-0.3, -0.25) is 9.48 Å². The van der Waals surface area contributed by atoms with E-state index >= 15 is 0 Å². The largest absolute Gasteiger partial charge is 0.294 e. The number of aromatic nitrogens is 2. The standard InChI is InChI=1S/C15H24N2O/c1-4-17-10-14(9-16-17)15(18)13-7-5-12(6-8-13)11(2)3/h9-13H,4-8H2,1-3H3. The summed E-state index contributed by atoms with van der Waals surface area (Å²) in [5, 5.41) is 4.19. The van der Waals surface area contributed by atoms with Gasteiger partial charge in [0.1, 0.15) is 0 Å². The Kier molecular flexibility index (Phi) is 4.20. The summed E-state index contributed by atoms with van der Waals surface area (Å²) >= 11 is 0. The molecule has 18 heavy (non-hydrogen) atoms. The Balaban J connectivity index is 1.95. The Morgan fingerprint density at radius 3 is 2.56 bits per heavy atom. The summed E-state index contributed by atoms with van der Waals surface area (Å²) in [6.07, 6.45) is 8.13. The second-order valence-corrected chi connectivity index (χ2v) is 5.80. The molecule has 1 aliphatic rings. The molecule has 1 aliphatic carbocycles. The number of aryl methyl sites for hydroxylation is 1. The quantitative estimate of drug-likeness (QED) is 0.764. The minimum atomic E-state index is 0.231. The van der Waals surface area contributed by atoms with Crippen LogP contribution in [0.4, 0.5) is 0 Å². The van der Waals surface area contributed by atoms with Gasteiger partial charge in [0.2, 0.25) is 0 Å². The van der Waals surface area contributed by atoms with Gasteiger partial charge in [-0.2, -0.15) is 5.10 Å². The van der Waals surface area contributed by atoms with Crippen molar-refractivity contribution in [3.05, 3.63) is 18.0 Å². The molecule has 0 atom stereocenters. The fourth-order valence-corrected chi connectivity index (χ4v) is 2.95. The van der Waals surface area contributed by atoms with Crippen molar-refractivity contribution in [3.8, 4) is 0 Å². The van der Waals surface area contributed by atoms with Crippen LogP contribution in [0.2, 0.25) is 0 Å². The van der Waals surface area contributed by atoms with Crippen LogP contribution in [0.15, 0.2) is 12.4 Å². The lowest BCUT2D eigenvalue weighted by Crippen LogP contribution is -2.24. The molecule has 0 spiro atoms. The lowest BCUT2D eigenvalue weighted by molar-refractivity contribution is 0.0859. The van der Waals surface area contributed by atoms with Gasteiger partial charge in [-0.05, 0) is 44.4 Å². The van der Waals surface area contributed by atoms with Crippen molar-refractivity contribution in [3.63, 3.8) is 0 Å². The first-order chi connectivity index (χ1) is 8.61. The van der Waals surface area contributed by atoms with E-state index in [0.29, 0.717) is 5.78 Å². The van der Waals surface area contributed by atoms with Crippen LogP contribution < -0.4 is 0 Å². The molecule has 0 aliphatic heterocycles. The number of Topliss-reactive ketones (excluding diaryl/α,β-unsaturated/α-hetero) is 1. The highest BCUT2D eigenvalue weighted by Crippen LogP contribution is 2.34. The first kappa shape index (κ1) is 13.3. The number of ketones is 1. The number of nitrogens with zero attached hydrogens (tertiary/aromatic N) is 2. The molecule has 2 rings (SSSR count). The third kappa shape index (κ3) is 2.82. The van der Waals surface area contributed by atoms with E-state index in [9.17, 15) is 4.79 Å². The van der Waals surface area contributed by atoms with E-state index in [1.807, 2.05) is 17.8 Å². The number of rotatable bonds is 4. The SMILES string of the molecule is CCn1cc(C(=O)C2CCC(C(C)C)CC2)cn1. The highest BCUT2D eigenvalue weighted by atomic mass is 16.1. The predicted molar refractivity (Wildman–Crippen MR) is 72.5 cm³/mol. The molecule has 0 N–H and O–H groups in total. The molecule has 0 bridgehead atoms. The Labute approximate surface area is 110 Å². The number of carbonyl (C=O) groups is 1. The molecule has 1 fully saturated rings. The molecular weight excluding hydrogens is 224 g/mol. The van der Waals surface area contributed by atoms with Crippen LogP contribution in [0.25, 0.3) is 0 Å². The molecule has 3 heteroatoms. The van der Waals surface area contributed by atoms with Crippen molar-refractivity contribution in [1.29, 1.82) is 0 Å². The van der Waals surface area contributed by atoms with Gasteiger partial charge < -0.3 is 0 Å². The number of carbonyl (C=O) groups excluding carboxylic acids is 1. The van der Waals surface area contributed by atoms with Gasteiger partial charge in [0.15, 0.2) is 5.78 Å². The molecule has 1 heterocycles. The fraction of sp³-hybridized carbons (Fsp3) is 0.733. The van der Waals surface area contributed by atoms with Gasteiger partial charge in [0.25, 0.3) is 0 Å². The molecule has 3 nitrogen and oxygen atoms in total. The van der Waals surface area contributed by atoms with Gasteiger partial charge >= 0.3 is 0 Å². The van der Waals surface area contributed by atoms with Gasteiger partial charge in [0.05, 0.1) is 11.8 Å². The van der Waals surface area contributed by atoms with Crippen molar-refractivity contribution in [1.82, 2.24) is 9.78 Å². The Bertz CT molecular complexity index is 400. The maximum absolute atomic E-state index is 12.4. The lowest BCUT2D eigenvalue weighted by atomic mass is 9.75. The smallest absolute Gasteiger partial charge is 0.169 e. The van der Waals surface area contributed by atoms with E-state index in [4.69, 9.17) is 0 Å². The zero-order chi connectivity index (χ0) is 13.1. The van der Waals surface area contributed by atoms with Gasteiger partial charge in [0, 0.05) is 18.7 Å². The minimum Gasteiger partial charge on any atom is -0.294 e. The van der Waals surface area contributed by atoms with Crippen LogP contribution in [0.3, 0.4) is 0 Å². The topological polar surface area (TPSA) is 34.9 Å². The van der Waals surface area contributed by atoms with Crippen molar-refractivity contribution < 1.29 is 4.79 Å². The van der Waals surface area contributed by atoms with E-state index in [0.717, 1.165) is 36.8 Å². The highest BCUT2D eigenvalue weighted by Gasteiger charge is 2.28. The molecule has 100 valence electrons. The molecule has 0 amide bonds. The molecule has 0 aromatic carbocycles. The van der Waals surface area contributed by atoms with Crippen LogP contribution in [-0.2, 0) is 6.54 Å². The average Bonchev–Trinajstić information content (AvgIpc) is 2.86. The zero-order valence-corrected chi connectivity index (χ0v) is 11.7. The summed E-state index contributed by atoms with van der Waals surface area (Å²) in [4.78, 5) is 12.4. The summed E-state index contributed by atoms with van der Waals surface area (Å²) in [5.41, 5.74) is 0.796. The van der Waals surface area contributed by atoms with E-state index < -0.39 is 0 Å². The first-order valence-corrected chi connectivity index (χ1v) is 7.18. The summed E-state index contributed by atoms with van der Waals surface area (Å²) in [6.45, 7) is 7.44. The Morgan fingerprint density at radius 2 is 2.06 bits per heavy atom. The van der Waals surface area contributed by atoms with Crippen LogP contribution >= 0.6 is 0 Å². The van der Waals surface area contributed by atoms with Crippen molar-refractivity contribution >= 4 is 5.78 Å². The maximum Gasteiger partial charge on any atom is 0.169 e. The lowest BCUT2D eigenvalue weighted by Gasteiger charge is -2.29. The molecule has 0 radical (unpaired) electrons. The van der Waals surface area contributed by atoms with Crippen LogP contribution in [0, 0.1) is 17.8 Å². The van der Waals surface area contributed by atoms with E-state index in [1.54, 1.807) is 6.20 Å². The molecule has 0 saturated heterocycles. The van der Waals surface area contributed by atoms with Crippen molar-refractivity contribution in [2.75, 3.05) is 0 Å². The van der Waals surface area contributed by atoms with Gasteiger partial charge in [-0.1, -0.05) is 13.8 Å². The average molecular weight is 248 g/mol. The molecule has 0 unspecified atom stereocenters. The minimum absolute atomic E-state index is 0.231. The van der Waals surface area contributed by atoms with E-state index in [-0.39, 0.29) is 5.92 Å². The Hall–Kier alpha value is -1.12. The van der Waals surface area contributed by atoms with Crippen molar-refractivity contribution in [2.24, 2.45) is 17.8 Å². The third-order valence-corrected chi connectivity index (χ3v) is 4.33. The van der Waals surface area contributed by atoms with Crippen molar-refractivity contribution in [2.45, 2.75) is 53.0 Å². The van der Waals surface area contributed by atoms with Crippen LogP contribution in [0.5, 0.6) is 0 Å². The predicted octanol–water partition coefficient (Wildman–Crippen LogP) is 3.55. The summed E-state index contributed by atoms with van der Waals surface area (Å²) in [5.74, 6) is 2.10. The zero-order valence-electron chi connectivity index (χ0n) is 11.7. The highest BCUT2D eigenvalue weighted by molar-refractivity contribution is 5.97. The normalized spacial score (nSPS) is 24.4. The third-order valence-electron chi connectivity index (χ3n) is 4.33. The van der Waals surface area contributed by atoms with Gasteiger partial charge in [-0.15, -0.1) is 0 Å². The monoisotopic (exact) mass is 248 g/mol. The van der Waals surface area contributed by atoms with Gasteiger partial charge in [-0.25, -0.2) is 0 Å². The summed E-state index contributed by atoms with van der Waals surface area (Å²) < 4.78 is 1.83.